The molecular weight excluding hydrogens is 160 g/mol. The molecule has 0 aliphatic rings. The monoisotopic (exact) mass is 184 g/mol. The Morgan fingerprint density at radius 1 is 1.15 bits per heavy atom. The van der Waals surface area contributed by atoms with E-state index >= 15 is 0 Å². The molecule has 0 rings (SSSR count). The minimum atomic E-state index is 0.805. The highest BCUT2D eigenvalue weighted by Crippen LogP contribution is 2.06. The molecule has 4 N–H and O–H groups in total. The van der Waals surface area contributed by atoms with Crippen LogP contribution in [0.15, 0.2) is 11.8 Å². The van der Waals surface area contributed by atoms with Gasteiger partial charge < -0.3 is 11.5 Å². The zero-order chi connectivity index (χ0) is 9.94. The summed E-state index contributed by atoms with van der Waals surface area (Å²) in [5.74, 6) is 0. The second-order valence-corrected chi connectivity index (χ2v) is 3.52. The van der Waals surface area contributed by atoms with Gasteiger partial charge in [-0.05, 0) is 32.2 Å². The maximum Gasteiger partial charge on any atom is 0.00399 e. The van der Waals surface area contributed by atoms with E-state index in [0.29, 0.717) is 0 Å². The molecule has 0 aromatic rings. The molecule has 0 aliphatic carbocycles. The SMILES string of the molecule is CCCCC=C(N)CCCCCN. The van der Waals surface area contributed by atoms with Crippen molar-refractivity contribution in [3.63, 3.8) is 0 Å². The molecular formula is C11H24N2. The maximum atomic E-state index is 5.83. The van der Waals surface area contributed by atoms with Gasteiger partial charge in [0.25, 0.3) is 0 Å². The molecule has 78 valence electrons. The van der Waals surface area contributed by atoms with Gasteiger partial charge in [-0.25, -0.2) is 0 Å². The fourth-order valence-corrected chi connectivity index (χ4v) is 1.24. The van der Waals surface area contributed by atoms with Crippen molar-refractivity contribution < 1.29 is 0 Å². The van der Waals surface area contributed by atoms with Crippen LogP contribution in [-0.4, -0.2) is 6.54 Å². The van der Waals surface area contributed by atoms with Crippen LogP contribution in [0.2, 0.25) is 0 Å². The van der Waals surface area contributed by atoms with Gasteiger partial charge in [-0.3, -0.25) is 0 Å². The molecule has 0 aromatic carbocycles. The number of hydrogen-bond donors (Lipinski definition) is 2. The minimum absolute atomic E-state index is 0.805. The van der Waals surface area contributed by atoms with Crippen molar-refractivity contribution in [2.45, 2.75) is 51.9 Å². The number of nitrogens with two attached hydrogens (primary N) is 2. The number of hydrogen-bond acceptors (Lipinski definition) is 2. The van der Waals surface area contributed by atoms with Gasteiger partial charge in [0.1, 0.15) is 0 Å². The smallest absolute Gasteiger partial charge is 0.00399 e. The third kappa shape index (κ3) is 9.41. The average molecular weight is 184 g/mol. The molecule has 0 heterocycles. The van der Waals surface area contributed by atoms with Gasteiger partial charge in [0.2, 0.25) is 0 Å². The predicted molar refractivity (Wildman–Crippen MR) is 59.3 cm³/mol. The van der Waals surface area contributed by atoms with Crippen molar-refractivity contribution in [1.82, 2.24) is 0 Å². The van der Waals surface area contributed by atoms with Gasteiger partial charge >= 0.3 is 0 Å². The first kappa shape index (κ1) is 12.5. The normalized spacial score (nSPS) is 12.0. The van der Waals surface area contributed by atoms with E-state index in [1.165, 1.54) is 25.7 Å². The Bertz CT molecular complexity index is 130. The molecule has 0 radical (unpaired) electrons. The molecule has 2 nitrogen and oxygen atoms in total. The summed E-state index contributed by atoms with van der Waals surface area (Å²) in [5, 5.41) is 0. The lowest BCUT2D eigenvalue weighted by molar-refractivity contribution is 0.678. The summed E-state index contributed by atoms with van der Waals surface area (Å²) in [7, 11) is 0. The molecule has 0 spiro atoms. The molecule has 2 heteroatoms. The quantitative estimate of drug-likeness (QED) is 0.570. The third-order valence-corrected chi connectivity index (χ3v) is 2.13. The molecule has 0 unspecified atom stereocenters. The Hall–Kier alpha value is -0.500. The Morgan fingerprint density at radius 3 is 2.54 bits per heavy atom. The highest BCUT2D eigenvalue weighted by Gasteiger charge is 1.91. The fraction of sp³-hybridized carbons (Fsp3) is 0.818. The van der Waals surface area contributed by atoms with Crippen LogP contribution in [0, 0.1) is 0 Å². The zero-order valence-corrected chi connectivity index (χ0v) is 8.89. The summed E-state index contributed by atoms with van der Waals surface area (Å²) in [6.07, 6.45) is 10.4. The first-order valence-corrected chi connectivity index (χ1v) is 5.45. The van der Waals surface area contributed by atoms with Crippen LogP contribution >= 0.6 is 0 Å². The van der Waals surface area contributed by atoms with Gasteiger partial charge in [-0.2, -0.15) is 0 Å². The lowest BCUT2D eigenvalue weighted by Crippen LogP contribution is -2.00. The van der Waals surface area contributed by atoms with Gasteiger partial charge in [-0.1, -0.05) is 32.3 Å². The third-order valence-electron chi connectivity index (χ3n) is 2.13. The Kier molecular flexibility index (Phi) is 9.22. The molecule has 0 amide bonds. The van der Waals surface area contributed by atoms with Crippen molar-refractivity contribution in [1.29, 1.82) is 0 Å². The van der Waals surface area contributed by atoms with Crippen LogP contribution in [-0.2, 0) is 0 Å². The molecule has 0 saturated carbocycles. The summed E-state index contributed by atoms with van der Waals surface area (Å²) in [6.45, 7) is 3.00. The van der Waals surface area contributed by atoms with E-state index in [-0.39, 0.29) is 0 Å². The molecule has 0 bridgehead atoms. The highest BCUT2D eigenvalue weighted by molar-refractivity contribution is 4.95. The lowest BCUT2D eigenvalue weighted by atomic mass is 10.1. The molecule has 0 saturated heterocycles. The summed E-state index contributed by atoms with van der Waals surface area (Å²) >= 11 is 0. The summed E-state index contributed by atoms with van der Waals surface area (Å²) in [4.78, 5) is 0. The van der Waals surface area contributed by atoms with E-state index < -0.39 is 0 Å². The Balaban J connectivity index is 3.27. The van der Waals surface area contributed by atoms with E-state index in [1.807, 2.05) is 0 Å². The van der Waals surface area contributed by atoms with Gasteiger partial charge in [0, 0.05) is 5.70 Å². The Morgan fingerprint density at radius 2 is 1.92 bits per heavy atom. The first-order chi connectivity index (χ1) is 6.31. The van der Waals surface area contributed by atoms with Crippen LogP contribution in [0.4, 0.5) is 0 Å². The van der Waals surface area contributed by atoms with Crippen LogP contribution in [0.3, 0.4) is 0 Å². The lowest BCUT2D eigenvalue weighted by Gasteiger charge is -2.00. The summed E-state index contributed by atoms with van der Waals surface area (Å²) < 4.78 is 0. The minimum Gasteiger partial charge on any atom is -0.402 e. The Labute approximate surface area is 82.4 Å². The van der Waals surface area contributed by atoms with Crippen molar-refractivity contribution in [3.05, 3.63) is 11.8 Å². The van der Waals surface area contributed by atoms with E-state index in [1.54, 1.807) is 0 Å². The summed E-state index contributed by atoms with van der Waals surface area (Å²) in [6, 6.07) is 0. The second-order valence-electron chi connectivity index (χ2n) is 3.52. The summed E-state index contributed by atoms with van der Waals surface area (Å²) in [5.41, 5.74) is 12.3. The standard InChI is InChI=1S/C11H24N2/c1-2-3-5-8-11(13)9-6-4-7-10-12/h8H,2-7,9-10,12-13H2,1H3. The van der Waals surface area contributed by atoms with E-state index in [2.05, 4.69) is 13.0 Å². The number of allylic oxidation sites excluding steroid dienone is 2. The average Bonchev–Trinajstić information content (AvgIpc) is 2.13. The fourth-order valence-electron chi connectivity index (χ4n) is 1.24. The van der Waals surface area contributed by atoms with E-state index in [0.717, 1.165) is 31.5 Å². The molecule has 0 aromatic heterocycles. The largest absolute Gasteiger partial charge is 0.402 e. The molecule has 0 aliphatic heterocycles. The van der Waals surface area contributed by atoms with Gasteiger partial charge in [0.05, 0.1) is 0 Å². The van der Waals surface area contributed by atoms with Crippen LogP contribution in [0.5, 0.6) is 0 Å². The van der Waals surface area contributed by atoms with Crippen LogP contribution in [0.1, 0.15) is 51.9 Å². The van der Waals surface area contributed by atoms with Crippen molar-refractivity contribution in [2.75, 3.05) is 6.54 Å². The second kappa shape index (κ2) is 9.59. The number of rotatable bonds is 8. The molecule has 0 fully saturated rings. The predicted octanol–water partition coefficient (Wildman–Crippen LogP) is 2.54. The number of unbranched alkanes of at least 4 members (excludes halogenated alkanes) is 4. The molecule has 0 atom stereocenters. The maximum absolute atomic E-state index is 5.83. The van der Waals surface area contributed by atoms with Gasteiger partial charge in [-0.15, -0.1) is 0 Å². The van der Waals surface area contributed by atoms with Crippen molar-refractivity contribution >= 4 is 0 Å². The van der Waals surface area contributed by atoms with E-state index in [4.69, 9.17) is 11.5 Å². The van der Waals surface area contributed by atoms with Gasteiger partial charge in [0.15, 0.2) is 0 Å². The highest BCUT2D eigenvalue weighted by atomic mass is 14.6. The zero-order valence-electron chi connectivity index (χ0n) is 8.89. The molecule has 13 heavy (non-hydrogen) atoms. The topological polar surface area (TPSA) is 52.0 Å². The van der Waals surface area contributed by atoms with Crippen molar-refractivity contribution in [3.8, 4) is 0 Å². The first-order valence-electron chi connectivity index (χ1n) is 5.45. The van der Waals surface area contributed by atoms with Crippen LogP contribution < -0.4 is 11.5 Å². The van der Waals surface area contributed by atoms with E-state index in [9.17, 15) is 0 Å². The van der Waals surface area contributed by atoms with Crippen LogP contribution in [0.25, 0.3) is 0 Å². The van der Waals surface area contributed by atoms with Crippen molar-refractivity contribution in [2.24, 2.45) is 11.5 Å².